The van der Waals surface area contributed by atoms with Crippen molar-refractivity contribution in [1.82, 2.24) is 4.31 Å². The Bertz CT molecular complexity index is 749. The lowest BCUT2D eigenvalue weighted by Gasteiger charge is -2.18. The Morgan fingerprint density at radius 3 is 2.42 bits per heavy atom. The van der Waals surface area contributed by atoms with E-state index in [9.17, 15) is 30.8 Å². The van der Waals surface area contributed by atoms with Gasteiger partial charge in [-0.05, 0) is 12.1 Å². The van der Waals surface area contributed by atoms with Gasteiger partial charge in [-0.25, -0.2) is 12.8 Å². The first-order valence-electron chi connectivity index (χ1n) is 6.61. The number of rotatable bonds is 4. The van der Waals surface area contributed by atoms with E-state index >= 15 is 0 Å². The lowest BCUT2D eigenvalue weighted by atomic mass is 9.96. The molecule has 134 valence electrons. The smallest absolute Gasteiger partial charge is 0.393 e. The number of ether oxygens (including phenoxy) is 1. The molecule has 2 atom stereocenters. The van der Waals surface area contributed by atoms with Crippen molar-refractivity contribution in [1.29, 1.82) is 0 Å². The summed E-state index contributed by atoms with van der Waals surface area (Å²) < 4.78 is 82.2. The van der Waals surface area contributed by atoms with E-state index < -0.39 is 63.6 Å². The van der Waals surface area contributed by atoms with Gasteiger partial charge in [0.2, 0.25) is 10.0 Å². The van der Waals surface area contributed by atoms with Crippen LogP contribution in [0.25, 0.3) is 0 Å². The molecule has 0 amide bonds. The van der Waals surface area contributed by atoms with Crippen LogP contribution in [0.3, 0.4) is 0 Å². The summed E-state index contributed by atoms with van der Waals surface area (Å²) in [5.41, 5.74) is 0. The van der Waals surface area contributed by atoms with Crippen LogP contribution in [0, 0.1) is 17.7 Å². The van der Waals surface area contributed by atoms with E-state index in [0.717, 1.165) is 25.3 Å². The summed E-state index contributed by atoms with van der Waals surface area (Å²) in [4.78, 5) is 10.5. The molecule has 1 heterocycles. The molecule has 2 rings (SSSR count). The summed E-state index contributed by atoms with van der Waals surface area (Å²) in [6.07, 6.45) is -4.85. The maximum atomic E-state index is 13.4. The Kier molecular flexibility index (Phi) is 4.77. The summed E-state index contributed by atoms with van der Waals surface area (Å²) in [7, 11) is -3.32. The van der Waals surface area contributed by atoms with Crippen LogP contribution in [-0.4, -0.2) is 50.2 Å². The van der Waals surface area contributed by atoms with Crippen molar-refractivity contribution in [2.75, 3.05) is 20.2 Å². The molecular formula is C13H13F4NO5S. The molecule has 0 aliphatic carbocycles. The van der Waals surface area contributed by atoms with Crippen LogP contribution >= 0.6 is 0 Å². The number of halogens is 4. The normalized spacial score (nSPS) is 22.5. The molecule has 0 bridgehead atoms. The van der Waals surface area contributed by atoms with Gasteiger partial charge in [-0.15, -0.1) is 0 Å². The minimum Gasteiger partial charge on any atom is -0.494 e. The molecule has 0 unspecified atom stereocenters. The number of carbonyl (C=O) groups is 1. The zero-order chi connectivity index (χ0) is 18.3. The molecule has 1 aromatic rings. The van der Waals surface area contributed by atoms with Gasteiger partial charge < -0.3 is 9.84 Å². The van der Waals surface area contributed by atoms with Crippen molar-refractivity contribution < 1.29 is 40.6 Å². The molecule has 0 aromatic heterocycles. The van der Waals surface area contributed by atoms with Crippen LogP contribution in [0.1, 0.15) is 0 Å². The highest BCUT2D eigenvalue weighted by Crippen LogP contribution is 2.40. The average molecular weight is 371 g/mol. The predicted octanol–water partition coefficient (Wildman–Crippen LogP) is 1.72. The number of aliphatic carboxylic acids is 1. The van der Waals surface area contributed by atoms with Gasteiger partial charge in [0.05, 0.1) is 23.8 Å². The second-order valence-corrected chi connectivity index (χ2v) is 7.15. The highest BCUT2D eigenvalue weighted by atomic mass is 32.2. The third kappa shape index (κ3) is 3.31. The first-order chi connectivity index (χ1) is 11.0. The fraction of sp³-hybridized carbons (Fsp3) is 0.462. The van der Waals surface area contributed by atoms with Crippen molar-refractivity contribution in [3.63, 3.8) is 0 Å². The van der Waals surface area contributed by atoms with Crippen LogP contribution in [-0.2, 0) is 14.8 Å². The predicted molar refractivity (Wildman–Crippen MR) is 72.4 cm³/mol. The van der Waals surface area contributed by atoms with E-state index in [4.69, 9.17) is 5.11 Å². The van der Waals surface area contributed by atoms with Gasteiger partial charge in [-0.1, -0.05) is 0 Å². The van der Waals surface area contributed by atoms with Crippen molar-refractivity contribution in [2.45, 2.75) is 11.1 Å². The summed E-state index contributed by atoms with van der Waals surface area (Å²) in [6.45, 7) is -1.83. The third-order valence-electron chi connectivity index (χ3n) is 3.78. The minimum atomic E-state index is -4.85. The first kappa shape index (κ1) is 18.5. The Morgan fingerprint density at radius 1 is 1.33 bits per heavy atom. The number of carboxylic acid groups (broad SMARTS) is 1. The van der Waals surface area contributed by atoms with E-state index in [0.29, 0.717) is 4.31 Å². The SMILES string of the molecule is COc1cc(S(=O)(=O)N2C[C@@H](C(F)(F)F)[C@H](C(=O)O)C2)ccc1F. The zero-order valence-electron chi connectivity index (χ0n) is 12.2. The molecule has 1 saturated heterocycles. The largest absolute Gasteiger partial charge is 0.494 e. The molecule has 0 saturated carbocycles. The molecule has 1 aromatic carbocycles. The van der Waals surface area contributed by atoms with Crippen molar-refractivity contribution in [3.8, 4) is 5.75 Å². The maximum absolute atomic E-state index is 13.4. The Labute approximate surface area is 134 Å². The number of nitrogens with zero attached hydrogens (tertiary/aromatic N) is 1. The van der Waals surface area contributed by atoms with Crippen molar-refractivity contribution in [3.05, 3.63) is 24.0 Å². The van der Waals surface area contributed by atoms with Crippen LogP contribution in [0.4, 0.5) is 17.6 Å². The Hall–Kier alpha value is -1.88. The molecule has 6 nitrogen and oxygen atoms in total. The van der Waals surface area contributed by atoms with E-state index in [1.54, 1.807) is 0 Å². The molecule has 1 aliphatic rings. The lowest BCUT2D eigenvalue weighted by molar-refractivity contribution is -0.187. The summed E-state index contributed by atoms with van der Waals surface area (Å²) >= 11 is 0. The minimum absolute atomic E-state index is 0.391. The fourth-order valence-electron chi connectivity index (χ4n) is 2.50. The zero-order valence-corrected chi connectivity index (χ0v) is 13.1. The van der Waals surface area contributed by atoms with Crippen LogP contribution in [0.2, 0.25) is 0 Å². The summed E-state index contributed by atoms with van der Waals surface area (Å²) in [5, 5.41) is 8.93. The van der Waals surface area contributed by atoms with Crippen LogP contribution in [0.5, 0.6) is 5.75 Å². The first-order valence-corrected chi connectivity index (χ1v) is 8.05. The molecule has 1 N–H and O–H groups in total. The van der Waals surface area contributed by atoms with E-state index in [1.165, 1.54) is 0 Å². The Morgan fingerprint density at radius 2 is 1.96 bits per heavy atom. The van der Waals surface area contributed by atoms with Gasteiger partial charge >= 0.3 is 12.1 Å². The quantitative estimate of drug-likeness (QED) is 0.815. The monoisotopic (exact) mass is 371 g/mol. The van der Waals surface area contributed by atoms with Gasteiger partial charge in [0, 0.05) is 19.2 Å². The van der Waals surface area contributed by atoms with E-state index in [2.05, 4.69) is 4.74 Å². The maximum Gasteiger partial charge on any atom is 0.393 e. The second-order valence-electron chi connectivity index (χ2n) is 5.21. The van der Waals surface area contributed by atoms with Crippen molar-refractivity contribution in [2.24, 2.45) is 11.8 Å². The fourth-order valence-corrected chi connectivity index (χ4v) is 4.00. The van der Waals surface area contributed by atoms with E-state index in [-0.39, 0.29) is 0 Å². The molecule has 1 aliphatic heterocycles. The van der Waals surface area contributed by atoms with Crippen molar-refractivity contribution >= 4 is 16.0 Å². The van der Waals surface area contributed by atoms with Crippen LogP contribution in [0.15, 0.2) is 23.1 Å². The highest BCUT2D eigenvalue weighted by Gasteiger charge is 2.55. The summed E-state index contributed by atoms with van der Waals surface area (Å²) in [5.74, 6) is -7.17. The van der Waals surface area contributed by atoms with Gasteiger partial charge in [-0.3, -0.25) is 4.79 Å². The third-order valence-corrected chi connectivity index (χ3v) is 5.61. The molecule has 0 spiro atoms. The second kappa shape index (κ2) is 6.20. The number of alkyl halides is 3. The van der Waals surface area contributed by atoms with Gasteiger partial charge in [0.15, 0.2) is 11.6 Å². The highest BCUT2D eigenvalue weighted by molar-refractivity contribution is 7.89. The standard InChI is InChI=1S/C13H13F4NO5S/c1-23-11-4-7(2-3-10(11)14)24(21,22)18-5-8(12(19)20)9(6-18)13(15,16)17/h2-4,8-9H,5-6H2,1H3,(H,19,20)/t8-,9-/m1/s1. The molecule has 24 heavy (non-hydrogen) atoms. The topological polar surface area (TPSA) is 83.9 Å². The molecule has 11 heteroatoms. The Balaban J connectivity index is 2.39. The van der Waals surface area contributed by atoms with Gasteiger partial charge in [-0.2, -0.15) is 17.5 Å². The summed E-state index contributed by atoms with van der Waals surface area (Å²) in [6, 6.07) is 2.52. The molecule has 0 radical (unpaired) electrons. The lowest BCUT2D eigenvalue weighted by Crippen LogP contribution is -2.34. The number of carboxylic acids is 1. The molecular weight excluding hydrogens is 358 g/mol. The van der Waals surface area contributed by atoms with E-state index in [1.807, 2.05) is 0 Å². The van der Waals surface area contributed by atoms with Gasteiger partial charge in [0.1, 0.15) is 0 Å². The van der Waals surface area contributed by atoms with Gasteiger partial charge in [0.25, 0.3) is 0 Å². The molecule has 1 fully saturated rings. The average Bonchev–Trinajstić information content (AvgIpc) is 2.93. The number of methoxy groups -OCH3 is 1. The number of benzene rings is 1. The number of hydrogen-bond acceptors (Lipinski definition) is 4. The van der Waals surface area contributed by atoms with Crippen LogP contribution < -0.4 is 4.74 Å². The number of sulfonamides is 1. The number of hydrogen-bond donors (Lipinski definition) is 1.